The number of carbonyl (C=O) groups excluding carboxylic acids is 2. The van der Waals surface area contributed by atoms with Crippen molar-refractivity contribution in [1.82, 2.24) is 14.9 Å². The summed E-state index contributed by atoms with van der Waals surface area (Å²) in [7, 11) is 0. The molecule has 31 heavy (non-hydrogen) atoms. The number of carbonyl (C=O) groups is 2. The number of hydrogen-bond donors (Lipinski definition) is 1. The van der Waals surface area contributed by atoms with E-state index >= 15 is 0 Å². The quantitative estimate of drug-likeness (QED) is 0.585. The van der Waals surface area contributed by atoms with E-state index in [-0.39, 0.29) is 18.4 Å². The third-order valence-corrected chi connectivity index (χ3v) is 6.82. The molecule has 1 saturated heterocycles. The number of hydrazone groups is 1. The Morgan fingerprint density at radius 2 is 1.81 bits per heavy atom. The molecule has 3 heterocycles. The number of halogens is 2. The van der Waals surface area contributed by atoms with Crippen molar-refractivity contribution in [2.45, 2.75) is 31.8 Å². The van der Waals surface area contributed by atoms with Crippen molar-refractivity contribution in [3.05, 3.63) is 69.3 Å². The number of fused-ring (bicyclic) bond motifs is 4. The number of hydrogen-bond acceptors (Lipinski definition) is 3. The maximum atomic E-state index is 13.4. The predicted octanol–water partition coefficient (Wildman–Crippen LogP) is 4.34. The smallest absolute Gasteiger partial charge is 0.266 e. The van der Waals surface area contributed by atoms with Gasteiger partial charge in [-0.1, -0.05) is 47.5 Å². The minimum atomic E-state index is -0.647. The standard InChI is InChI=1S/C23H20Cl2N4O2/c1-23(2)21-14(13-6-3-4-9-18(13)27-21)10-19-22(31)28(12-20(30)29(19)23)26-11-15-16(24)7-5-8-17(15)25/h3-9,11,19,27H,10,12H2,1-2H3/b26-11-/t19-/m1/s1. The molecule has 1 N–H and O–H groups in total. The van der Waals surface area contributed by atoms with Gasteiger partial charge in [-0.05, 0) is 37.6 Å². The van der Waals surface area contributed by atoms with E-state index in [0.717, 1.165) is 22.2 Å². The number of nitrogens with zero attached hydrogens (tertiary/aromatic N) is 3. The SMILES string of the molecule is CC1(C)c2[nH]c3ccccc3c2C[C@@H]2C(=O)N(/N=C\c3c(Cl)cccc3Cl)CC(=O)N21. The van der Waals surface area contributed by atoms with Crippen molar-refractivity contribution >= 4 is 52.1 Å². The molecule has 6 nitrogen and oxygen atoms in total. The van der Waals surface area contributed by atoms with Crippen LogP contribution in [0.25, 0.3) is 10.9 Å². The van der Waals surface area contributed by atoms with Crippen LogP contribution in [0.5, 0.6) is 0 Å². The number of nitrogens with one attached hydrogen (secondary N) is 1. The lowest BCUT2D eigenvalue weighted by molar-refractivity contribution is -0.163. The Bertz CT molecular complexity index is 1240. The highest BCUT2D eigenvalue weighted by Gasteiger charge is 2.51. The zero-order chi connectivity index (χ0) is 21.9. The van der Waals surface area contributed by atoms with Crippen molar-refractivity contribution in [2.24, 2.45) is 5.10 Å². The van der Waals surface area contributed by atoms with Gasteiger partial charge in [-0.3, -0.25) is 9.59 Å². The van der Waals surface area contributed by atoms with E-state index in [2.05, 4.69) is 10.1 Å². The lowest BCUT2D eigenvalue weighted by atomic mass is 9.82. The highest BCUT2D eigenvalue weighted by atomic mass is 35.5. The van der Waals surface area contributed by atoms with Gasteiger partial charge in [0.2, 0.25) is 5.91 Å². The van der Waals surface area contributed by atoms with E-state index in [4.69, 9.17) is 23.2 Å². The molecule has 0 bridgehead atoms. The zero-order valence-corrected chi connectivity index (χ0v) is 18.5. The first kappa shape index (κ1) is 20.1. The first-order chi connectivity index (χ1) is 14.8. The van der Waals surface area contributed by atoms with Crippen LogP contribution in [0.1, 0.15) is 30.7 Å². The monoisotopic (exact) mass is 454 g/mol. The molecule has 0 unspecified atom stereocenters. The van der Waals surface area contributed by atoms with E-state index < -0.39 is 11.6 Å². The number of H-pyrrole nitrogens is 1. The van der Waals surface area contributed by atoms with E-state index in [9.17, 15) is 9.59 Å². The second kappa shape index (κ2) is 7.11. The Balaban J connectivity index is 1.53. The van der Waals surface area contributed by atoms with Gasteiger partial charge in [0, 0.05) is 28.6 Å². The van der Waals surface area contributed by atoms with Crippen LogP contribution in [0.3, 0.4) is 0 Å². The van der Waals surface area contributed by atoms with E-state index in [1.807, 2.05) is 38.1 Å². The van der Waals surface area contributed by atoms with Gasteiger partial charge in [-0.2, -0.15) is 5.10 Å². The largest absolute Gasteiger partial charge is 0.356 e. The van der Waals surface area contributed by atoms with Crippen molar-refractivity contribution in [3.8, 4) is 0 Å². The van der Waals surface area contributed by atoms with Gasteiger partial charge in [-0.25, -0.2) is 5.01 Å². The van der Waals surface area contributed by atoms with Crippen LogP contribution in [0.2, 0.25) is 10.0 Å². The normalized spacial score (nSPS) is 20.5. The summed E-state index contributed by atoms with van der Waals surface area (Å²) in [5.74, 6) is -0.371. The number of aromatic nitrogens is 1. The fourth-order valence-electron chi connectivity index (χ4n) is 4.73. The Morgan fingerprint density at radius 3 is 2.55 bits per heavy atom. The van der Waals surface area contributed by atoms with Gasteiger partial charge in [0.15, 0.2) is 0 Å². The Labute approximate surface area is 189 Å². The molecule has 0 spiro atoms. The summed E-state index contributed by atoms with van der Waals surface area (Å²) in [6, 6.07) is 12.5. The third-order valence-electron chi connectivity index (χ3n) is 6.16. The van der Waals surface area contributed by atoms with Crippen LogP contribution >= 0.6 is 23.2 Å². The lowest BCUT2D eigenvalue weighted by Crippen LogP contribution is -2.66. The number of amides is 2. The lowest BCUT2D eigenvalue weighted by Gasteiger charge is -2.50. The summed E-state index contributed by atoms with van der Waals surface area (Å²) in [4.78, 5) is 31.7. The summed E-state index contributed by atoms with van der Waals surface area (Å²) in [6.45, 7) is 3.81. The van der Waals surface area contributed by atoms with Crippen molar-refractivity contribution in [1.29, 1.82) is 0 Å². The number of piperazine rings is 1. The highest BCUT2D eigenvalue weighted by molar-refractivity contribution is 6.38. The maximum Gasteiger partial charge on any atom is 0.266 e. The molecule has 0 radical (unpaired) electrons. The fourth-order valence-corrected chi connectivity index (χ4v) is 5.22. The number of para-hydroxylation sites is 1. The summed E-state index contributed by atoms with van der Waals surface area (Å²) < 4.78 is 0. The van der Waals surface area contributed by atoms with Crippen LogP contribution in [0.15, 0.2) is 47.6 Å². The molecule has 1 aromatic heterocycles. The molecule has 2 amide bonds. The van der Waals surface area contributed by atoms with Gasteiger partial charge >= 0.3 is 0 Å². The first-order valence-corrected chi connectivity index (χ1v) is 10.8. The van der Waals surface area contributed by atoms with Gasteiger partial charge in [0.1, 0.15) is 12.6 Å². The average Bonchev–Trinajstić information content (AvgIpc) is 3.10. The second-order valence-corrected chi connectivity index (χ2v) is 9.16. The third kappa shape index (κ3) is 3.05. The summed E-state index contributed by atoms with van der Waals surface area (Å²) in [6.07, 6.45) is 1.88. The van der Waals surface area contributed by atoms with Crippen LogP contribution < -0.4 is 0 Å². The molecule has 2 aliphatic heterocycles. The van der Waals surface area contributed by atoms with Crippen molar-refractivity contribution in [2.75, 3.05) is 6.54 Å². The molecule has 158 valence electrons. The van der Waals surface area contributed by atoms with Gasteiger partial charge < -0.3 is 9.88 Å². The fraction of sp³-hybridized carbons (Fsp3) is 0.261. The zero-order valence-electron chi connectivity index (χ0n) is 17.0. The summed E-state index contributed by atoms with van der Waals surface area (Å²) >= 11 is 12.4. The molecule has 1 atom stereocenters. The number of aromatic amines is 1. The van der Waals surface area contributed by atoms with Gasteiger partial charge in [0.25, 0.3) is 5.91 Å². The second-order valence-electron chi connectivity index (χ2n) is 8.34. The summed E-state index contributed by atoms with van der Waals surface area (Å²) in [5.41, 5.74) is 2.92. The van der Waals surface area contributed by atoms with Crippen molar-refractivity contribution in [3.63, 3.8) is 0 Å². The topological polar surface area (TPSA) is 68.8 Å². The van der Waals surface area contributed by atoms with E-state index in [1.54, 1.807) is 23.1 Å². The van der Waals surface area contributed by atoms with E-state index in [0.29, 0.717) is 22.0 Å². The van der Waals surface area contributed by atoms with Crippen LogP contribution in [0.4, 0.5) is 0 Å². The molecule has 2 aliphatic rings. The van der Waals surface area contributed by atoms with Crippen LogP contribution in [-0.2, 0) is 21.5 Å². The predicted molar refractivity (Wildman–Crippen MR) is 121 cm³/mol. The molecular formula is C23H20Cl2N4O2. The molecular weight excluding hydrogens is 435 g/mol. The summed E-state index contributed by atoms with van der Waals surface area (Å²) in [5, 5.41) is 7.44. The van der Waals surface area contributed by atoms with Gasteiger partial charge in [-0.15, -0.1) is 0 Å². The van der Waals surface area contributed by atoms with E-state index in [1.165, 1.54) is 11.2 Å². The molecule has 1 fully saturated rings. The van der Waals surface area contributed by atoms with Crippen LogP contribution in [0, 0.1) is 0 Å². The molecule has 0 aliphatic carbocycles. The Kier molecular flexibility index (Phi) is 4.61. The van der Waals surface area contributed by atoms with Crippen molar-refractivity contribution < 1.29 is 9.59 Å². The number of rotatable bonds is 2. The van der Waals surface area contributed by atoms with Gasteiger partial charge in [0.05, 0.1) is 21.8 Å². The molecule has 8 heteroatoms. The Morgan fingerprint density at radius 1 is 1.10 bits per heavy atom. The molecule has 2 aromatic carbocycles. The molecule has 0 saturated carbocycles. The Hall–Kier alpha value is -2.83. The number of benzene rings is 2. The molecule has 3 aromatic rings. The average molecular weight is 455 g/mol. The minimum absolute atomic E-state index is 0.132. The highest BCUT2D eigenvalue weighted by Crippen LogP contribution is 2.42. The molecule has 5 rings (SSSR count). The van der Waals surface area contributed by atoms with Crippen LogP contribution in [-0.4, -0.2) is 45.5 Å². The first-order valence-electron chi connectivity index (χ1n) is 10.0. The maximum absolute atomic E-state index is 13.4. The minimum Gasteiger partial charge on any atom is -0.356 e.